The highest BCUT2D eigenvalue weighted by Crippen LogP contribution is 2.25. The molecule has 2 aromatic rings. The molecule has 0 aromatic carbocycles. The maximum atomic E-state index is 4.37. The summed E-state index contributed by atoms with van der Waals surface area (Å²) in [6.07, 6.45) is 1.59. The molecule has 1 saturated heterocycles. The van der Waals surface area contributed by atoms with Crippen LogP contribution in [0, 0.1) is 12.8 Å². The minimum atomic E-state index is 0.0442. The predicted molar refractivity (Wildman–Crippen MR) is 91.7 cm³/mol. The van der Waals surface area contributed by atoms with E-state index < -0.39 is 0 Å². The number of anilines is 2. The standard InChI is InChI=1S/C17H24N6/c1-12-7-15(20-11-19-12)18-8-13-9-23(10-13)16-6-5-14(21-22-16)17(2,3)4/h5-7,11,13H,8-10H2,1-4H3,(H,18,19,20). The smallest absolute Gasteiger partial charge is 0.151 e. The van der Waals surface area contributed by atoms with Gasteiger partial charge in [0.1, 0.15) is 12.1 Å². The van der Waals surface area contributed by atoms with Crippen LogP contribution in [0.1, 0.15) is 32.2 Å². The minimum absolute atomic E-state index is 0.0442. The number of nitrogens with one attached hydrogen (secondary N) is 1. The lowest BCUT2D eigenvalue weighted by atomic mass is 9.92. The molecule has 1 aliphatic rings. The molecular weight excluding hydrogens is 288 g/mol. The molecule has 122 valence electrons. The van der Waals surface area contributed by atoms with Gasteiger partial charge in [-0.1, -0.05) is 20.8 Å². The van der Waals surface area contributed by atoms with Crippen LogP contribution in [-0.4, -0.2) is 39.8 Å². The fourth-order valence-corrected chi connectivity index (χ4v) is 2.58. The molecule has 3 heterocycles. The molecule has 0 spiro atoms. The first kappa shape index (κ1) is 15.6. The Morgan fingerprint density at radius 1 is 1.17 bits per heavy atom. The molecule has 0 bridgehead atoms. The van der Waals surface area contributed by atoms with Gasteiger partial charge in [-0.05, 0) is 19.1 Å². The van der Waals surface area contributed by atoms with Crippen LogP contribution in [0.4, 0.5) is 11.6 Å². The van der Waals surface area contributed by atoms with Crippen molar-refractivity contribution in [1.29, 1.82) is 0 Å². The third-order valence-corrected chi connectivity index (χ3v) is 4.08. The third-order valence-electron chi connectivity index (χ3n) is 4.08. The average Bonchev–Trinajstić information content (AvgIpc) is 2.45. The molecule has 3 rings (SSSR count). The molecule has 0 amide bonds. The van der Waals surface area contributed by atoms with Crippen LogP contribution >= 0.6 is 0 Å². The van der Waals surface area contributed by atoms with Crippen molar-refractivity contribution in [3.63, 3.8) is 0 Å². The zero-order valence-corrected chi connectivity index (χ0v) is 14.2. The van der Waals surface area contributed by atoms with Crippen molar-refractivity contribution in [2.75, 3.05) is 29.9 Å². The SMILES string of the molecule is Cc1cc(NCC2CN(c3ccc(C(C)(C)C)nn3)C2)ncn1. The van der Waals surface area contributed by atoms with Crippen LogP contribution in [0.5, 0.6) is 0 Å². The Kier molecular flexibility index (Phi) is 4.15. The van der Waals surface area contributed by atoms with Gasteiger partial charge in [-0.15, -0.1) is 5.10 Å². The van der Waals surface area contributed by atoms with Crippen molar-refractivity contribution in [1.82, 2.24) is 20.2 Å². The molecule has 0 atom stereocenters. The number of hydrogen-bond donors (Lipinski definition) is 1. The Labute approximate surface area is 137 Å². The van der Waals surface area contributed by atoms with E-state index in [2.05, 4.69) is 63.3 Å². The number of aryl methyl sites for hydroxylation is 1. The summed E-state index contributed by atoms with van der Waals surface area (Å²) in [5, 5.41) is 12.1. The zero-order valence-electron chi connectivity index (χ0n) is 14.2. The predicted octanol–water partition coefficient (Wildman–Crippen LogP) is 2.42. The molecule has 1 aliphatic heterocycles. The van der Waals surface area contributed by atoms with E-state index >= 15 is 0 Å². The molecule has 23 heavy (non-hydrogen) atoms. The van der Waals surface area contributed by atoms with Crippen LogP contribution in [-0.2, 0) is 5.41 Å². The lowest BCUT2D eigenvalue weighted by Crippen LogP contribution is -2.50. The summed E-state index contributed by atoms with van der Waals surface area (Å²) in [4.78, 5) is 10.6. The fourth-order valence-electron chi connectivity index (χ4n) is 2.58. The largest absolute Gasteiger partial charge is 0.370 e. The number of nitrogens with zero attached hydrogens (tertiary/aromatic N) is 5. The van der Waals surface area contributed by atoms with Crippen molar-refractivity contribution in [2.24, 2.45) is 5.92 Å². The minimum Gasteiger partial charge on any atom is -0.370 e. The highest BCUT2D eigenvalue weighted by Gasteiger charge is 2.28. The second-order valence-electron chi connectivity index (χ2n) is 7.22. The van der Waals surface area contributed by atoms with Gasteiger partial charge in [-0.25, -0.2) is 9.97 Å². The Balaban J connectivity index is 1.49. The molecule has 0 radical (unpaired) electrons. The third kappa shape index (κ3) is 3.75. The van der Waals surface area contributed by atoms with Gasteiger partial charge in [0.25, 0.3) is 0 Å². The van der Waals surface area contributed by atoms with Gasteiger partial charge in [-0.2, -0.15) is 5.10 Å². The summed E-state index contributed by atoms with van der Waals surface area (Å²) < 4.78 is 0. The van der Waals surface area contributed by atoms with Crippen molar-refractivity contribution in [3.05, 3.63) is 35.9 Å². The van der Waals surface area contributed by atoms with E-state index in [0.717, 1.165) is 42.7 Å². The fraction of sp³-hybridized carbons (Fsp3) is 0.529. The second kappa shape index (κ2) is 6.10. The van der Waals surface area contributed by atoms with Gasteiger partial charge in [0.2, 0.25) is 0 Å². The van der Waals surface area contributed by atoms with Gasteiger partial charge in [0.15, 0.2) is 5.82 Å². The first-order valence-electron chi connectivity index (χ1n) is 8.03. The van der Waals surface area contributed by atoms with Crippen molar-refractivity contribution < 1.29 is 0 Å². The van der Waals surface area contributed by atoms with E-state index in [1.807, 2.05) is 13.0 Å². The van der Waals surface area contributed by atoms with Crippen molar-refractivity contribution >= 4 is 11.6 Å². The highest BCUT2D eigenvalue weighted by atomic mass is 15.3. The second-order valence-corrected chi connectivity index (χ2v) is 7.22. The monoisotopic (exact) mass is 312 g/mol. The van der Waals surface area contributed by atoms with Gasteiger partial charge in [0, 0.05) is 42.7 Å². The summed E-state index contributed by atoms with van der Waals surface area (Å²) in [7, 11) is 0. The van der Waals surface area contributed by atoms with E-state index in [4.69, 9.17) is 0 Å². The molecule has 0 saturated carbocycles. The number of rotatable bonds is 4. The zero-order chi connectivity index (χ0) is 16.4. The molecule has 6 nitrogen and oxygen atoms in total. The molecule has 1 N–H and O–H groups in total. The molecule has 6 heteroatoms. The summed E-state index contributed by atoms with van der Waals surface area (Å²) in [5.41, 5.74) is 2.05. The lowest BCUT2D eigenvalue weighted by molar-refractivity contribution is 0.424. The Morgan fingerprint density at radius 3 is 2.57 bits per heavy atom. The van der Waals surface area contributed by atoms with Crippen molar-refractivity contribution in [3.8, 4) is 0 Å². The first-order valence-corrected chi connectivity index (χ1v) is 8.03. The molecular formula is C17H24N6. The van der Waals surface area contributed by atoms with Gasteiger partial charge < -0.3 is 10.2 Å². The quantitative estimate of drug-likeness (QED) is 0.935. The van der Waals surface area contributed by atoms with Crippen LogP contribution in [0.2, 0.25) is 0 Å². The molecule has 2 aromatic heterocycles. The number of hydrogen-bond acceptors (Lipinski definition) is 6. The van der Waals surface area contributed by atoms with E-state index in [0.29, 0.717) is 5.92 Å². The van der Waals surface area contributed by atoms with Crippen LogP contribution in [0.25, 0.3) is 0 Å². The maximum Gasteiger partial charge on any atom is 0.151 e. The van der Waals surface area contributed by atoms with Crippen LogP contribution in [0.15, 0.2) is 24.5 Å². The van der Waals surface area contributed by atoms with E-state index in [-0.39, 0.29) is 5.41 Å². The normalized spacial score (nSPS) is 15.4. The van der Waals surface area contributed by atoms with Crippen LogP contribution < -0.4 is 10.2 Å². The maximum absolute atomic E-state index is 4.37. The van der Waals surface area contributed by atoms with E-state index in [9.17, 15) is 0 Å². The molecule has 0 unspecified atom stereocenters. The average molecular weight is 312 g/mol. The Bertz CT molecular complexity index is 656. The molecule has 1 fully saturated rings. The van der Waals surface area contributed by atoms with Crippen LogP contribution in [0.3, 0.4) is 0 Å². The first-order chi connectivity index (χ1) is 10.9. The summed E-state index contributed by atoms with van der Waals surface area (Å²) in [6, 6.07) is 6.12. The van der Waals surface area contributed by atoms with E-state index in [1.54, 1.807) is 6.33 Å². The molecule has 0 aliphatic carbocycles. The highest BCUT2D eigenvalue weighted by molar-refractivity contribution is 5.42. The van der Waals surface area contributed by atoms with Gasteiger partial charge >= 0.3 is 0 Å². The lowest BCUT2D eigenvalue weighted by Gasteiger charge is -2.40. The Hall–Kier alpha value is -2.24. The van der Waals surface area contributed by atoms with Gasteiger partial charge in [-0.3, -0.25) is 0 Å². The summed E-state index contributed by atoms with van der Waals surface area (Å²) >= 11 is 0. The summed E-state index contributed by atoms with van der Waals surface area (Å²) in [6.45, 7) is 11.3. The van der Waals surface area contributed by atoms with E-state index in [1.165, 1.54) is 0 Å². The summed E-state index contributed by atoms with van der Waals surface area (Å²) in [5.74, 6) is 2.46. The van der Waals surface area contributed by atoms with Gasteiger partial charge in [0.05, 0.1) is 5.69 Å². The van der Waals surface area contributed by atoms with Crippen molar-refractivity contribution in [2.45, 2.75) is 33.1 Å². The topological polar surface area (TPSA) is 66.8 Å². The Morgan fingerprint density at radius 2 is 1.96 bits per heavy atom. The number of aromatic nitrogens is 4.